The van der Waals surface area contributed by atoms with E-state index in [1.807, 2.05) is 29.1 Å². The molecule has 0 spiro atoms. The number of hydrogen-bond acceptors (Lipinski definition) is 1. The molecule has 0 radical (unpaired) electrons. The van der Waals surface area contributed by atoms with Crippen molar-refractivity contribution in [1.29, 1.82) is 0 Å². The fourth-order valence-electron chi connectivity index (χ4n) is 1.69. The molecule has 0 saturated heterocycles. The second-order valence-electron chi connectivity index (χ2n) is 3.52. The largest absolute Gasteiger partial charge is 0.306 e. The Morgan fingerprint density at radius 3 is 3.20 bits per heavy atom. The highest BCUT2D eigenvalue weighted by Crippen LogP contribution is 2.18. The molecule has 0 aliphatic heterocycles. The maximum Gasteiger partial charge on any atom is 0.139 e. The number of halogens is 1. The standard InChI is InChI=1S/C12H13BrN2/c1-2-3-4-5-10-8-11(13)9-15-7-6-14-12(10)15/h2,6-9H,1,3-5H2. The molecule has 0 amide bonds. The zero-order valence-corrected chi connectivity index (χ0v) is 10.1. The Bertz CT molecular complexity index is 473. The number of aromatic nitrogens is 2. The van der Waals surface area contributed by atoms with E-state index in [0.717, 1.165) is 29.4 Å². The molecular formula is C12H13BrN2. The van der Waals surface area contributed by atoms with Gasteiger partial charge in [-0.1, -0.05) is 6.08 Å². The molecule has 3 heteroatoms. The summed E-state index contributed by atoms with van der Waals surface area (Å²) in [5.74, 6) is 0. The predicted octanol–water partition coefficient (Wildman–Crippen LogP) is 3.61. The summed E-state index contributed by atoms with van der Waals surface area (Å²) in [6.07, 6.45) is 11.0. The van der Waals surface area contributed by atoms with Crippen molar-refractivity contribution in [3.63, 3.8) is 0 Å². The Hall–Kier alpha value is -1.09. The SMILES string of the molecule is C=CCCCc1cc(Br)cn2ccnc12. The van der Waals surface area contributed by atoms with Gasteiger partial charge < -0.3 is 4.40 Å². The molecule has 0 atom stereocenters. The van der Waals surface area contributed by atoms with Crippen molar-refractivity contribution < 1.29 is 0 Å². The van der Waals surface area contributed by atoms with Gasteiger partial charge in [0.15, 0.2) is 0 Å². The number of unbranched alkanes of at least 4 members (excludes halogenated alkanes) is 1. The van der Waals surface area contributed by atoms with Crippen molar-refractivity contribution in [3.05, 3.63) is 47.3 Å². The van der Waals surface area contributed by atoms with Gasteiger partial charge in [0.25, 0.3) is 0 Å². The van der Waals surface area contributed by atoms with Crippen molar-refractivity contribution in [3.8, 4) is 0 Å². The highest BCUT2D eigenvalue weighted by Gasteiger charge is 2.03. The van der Waals surface area contributed by atoms with Gasteiger partial charge in [-0.25, -0.2) is 4.98 Å². The molecule has 0 aliphatic rings. The topological polar surface area (TPSA) is 17.3 Å². The van der Waals surface area contributed by atoms with Crippen molar-refractivity contribution in [2.24, 2.45) is 0 Å². The van der Waals surface area contributed by atoms with Crippen LogP contribution in [0.5, 0.6) is 0 Å². The van der Waals surface area contributed by atoms with E-state index >= 15 is 0 Å². The van der Waals surface area contributed by atoms with Gasteiger partial charge in [0.05, 0.1) is 0 Å². The van der Waals surface area contributed by atoms with Crippen molar-refractivity contribution >= 4 is 21.6 Å². The van der Waals surface area contributed by atoms with Crippen LogP contribution in [0.4, 0.5) is 0 Å². The number of hydrogen-bond donors (Lipinski definition) is 0. The molecule has 15 heavy (non-hydrogen) atoms. The molecule has 0 fully saturated rings. The van der Waals surface area contributed by atoms with Crippen molar-refractivity contribution in [1.82, 2.24) is 9.38 Å². The molecular weight excluding hydrogens is 252 g/mol. The Balaban J connectivity index is 2.31. The van der Waals surface area contributed by atoms with Gasteiger partial charge in [0.1, 0.15) is 5.65 Å². The lowest BCUT2D eigenvalue weighted by molar-refractivity contribution is 0.841. The van der Waals surface area contributed by atoms with Crippen LogP contribution in [0.25, 0.3) is 5.65 Å². The first-order valence-corrected chi connectivity index (χ1v) is 5.82. The fraction of sp³-hybridized carbons (Fsp3) is 0.250. The minimum absolute atomic E-state index is 1.05. The van der Waals surface area contributed by atoms with Crippen LogP contribution in [-0.2, 0) is 6.42 Å². The number of pyridine rings is 1. The lowest BCUT2D eigenvalue weighted by Crippen LogP contribution is -1.92. The quantitative estimate of drug-likeness (QED) is 0.609. The van der Waals surface area contributed by atoms with Gasteiger partial charge in [-0.05, 0) is 46.8 Å². The van der Waals surface area contributed by atoms with E-state index in [-0.39, 0.29) is 0 Å². The average Bonchev–Trinajstić information content (AvgIpc) is 2.65. The van der Waals surface area contributed by atoms with Crippen LogP contribution in [0, 0.1) is 0 Å². The number of allylic oxidation sites excluding steroid dienone is 1. The summed E-state index contributed by atoms with van der Waals surface area (Å²) in [5, 5.41) is 0. The lowest BCUT2D eigenvalue weighted by atomic mass is 10.1. The first kappa shape index (κ1) is 10.4. The molecule has 2 nitrogen and oxygen atoms in total. The van der Waals surface area contributed by atoms with Crippen LogP contribution in [0.2, 0.25) is 0 Å². The lowest BCUT2D eigenvalue weighted by Gasteiger charge is -2.04. The average molecular weight is 265 g/mol. The molecule has 0 bridgehead atoms. The van der Waals surface area contributed by atoms with E-state index in [1.165, 1.54) is 5.56 Å². The summed E-state index contributed by atoms with van der Waals surface area (Å²) in [6, 6.07) is 2.14. The number of imidazole rings is 1. The smallest absolute Gasteiger partial charge is 0.139 e. The normalized spacial score (nSPS) is 10.7. The first-order chi connectivity index (χ1) is 7.31. The van der Waals surface area contributed by atoms with E-state index in [0.29, 0.717) is 0 Å². The Morgan fingerprint density at radius 2 is 2.40 bits per heavy atom. The minimum Gasteiger partial charge on any atom is -0.306 e. The van der Waals surface area contributed by atoms with Crippen LogP contribution < -0.4 is 0 Å². The molecule has 78 valence electrons. The molecule has 2 aromatic heterocycles. The number of fused-ring (bicyclic) bond motifs is 1. The van der Waals surface area contributed by atoms with E-state index in [1.54, 1.807) is 0 Å². The molecule has 0 saturated carbocycles. The van der Waals surface area contributed by atoms with E-state index in [9.17, 15) is 0 Å². The monoisotopic (exact) mass is 264 g/mol. The maximum absolute atomic E-state index is 4.35. The molecule has 2 rings (SSSR count). The number of rotatable bonds is 4. The summed E-state index contributed by atoms with van der Waals surface area (Å²) in [6.45, 7) is 3.73. The Morgan fingerprint density at radius 1 is 1.53 bits per heavy atom. The minimum atomic E-state index is 1.05. The van der Waals surface area contributed by atoms with Crippen molar-refractivity contribution in [2.75, 3.05) is 0 Å². The van der Waals surface area contributed by atoms with Crippen LogP contribution in [-0.4, -0.2) is 9.38 Å². The van der Waals surface area contributed by atoms with Gasteiger partial charge in [-0.3, -0.25) is 0 Å². The van der Waals surface area contributed by atoms with E-state index in [4.69, 9.17) is 0 Å². The van der Waals surface area contributed by atoms with Gasteiger partial charge in [0, 0.05) is 23.1 Å². The summed E-state index contributed by atoms with van der Waals surface area (Å²) in [5.41, 5.74) is 2.35. The van der Waals surface area contributed by atoms with Crippen LogP contribution in [0.15, 0.2) is 41.8 Å². The highest BCUT2D eigenvalue weighted by atomic mass is 79.9. The third kappa shape index (κ3) is 2.29. The summed E-state index contributed by atoms with van der Waals surface area (Å²) in [4.78, 5) is 4.35. The molecule has 0 aliphatic carbocycles. The highest BCUT2D eigenvalue weighted by molar-refractivity contribution is 9.10. The van der Waals surface area contributed by atoms with Gasteiger partial charge >= 0.3 is 0 Å². The molecule has 2 heterocycles. The zero-order valence-electron chi connectivity index (χ0n) is 8.49. The zero-order chi connectivity index (χ0) is 10.7. The van der Waals surface area contributed by atoms with E-state index < -0.39 is 0 Å². The van der Waals surface area contributed by atoms with Crippen LogP contribution >= 0.6 is 15.9 Å². The second-order valence-corrected chi connectivity index (χ2v) is 4.44. The number of nitrogens with zero attached hydrogens (tertiary/aromatic N) is 2. The van der Waals surface area contributed by atoms with E-state index in [2.05, 4.69) is 33.6 Å². The first-order valence-electron chi connectivity index (χ1n) is 5.03. The molecule has 0 aromatic carbocycles. The Kier molecular flexibility index (Phi) is 3.21. The molecule has 0 N–H and O–H groups in total. The third-order valence-corrected chi connectivity index (χ3v) is 2.82. The van der Waals surface area contributed by atoms with Crippen LogP contribution in [0.1, 0.15) is 18.4 Å². The van der Waals surface area contributed by atoms with Gasteiger partial charge in [-0.2, -0.15) is 0 Å². The fourth-order valence-corrected chi connectivity index (χ4v) is 2.18. The maximum atomic E-state index is 4.35. The number of aryl methyl sites for hydroxylation is 1. The second kappa shape index (κ2) is 4.62. The van der Waals surface area contributed by atoms with Gasteiger partial charge in [-0.15, -0.1) is 6.58 Å². The third-order valence-electron chi connectivity index (χ3n) is 2.38. The molecule has 0 unspecified atom stereocenters. The molecule has 2 aromatic rings. The van der Waals surface area contributed by atoms with Crippen LogP contribution in [0.3, 0.4) is 0 Å². The summed E-state index contributed by atoms with van der Waals surface area (Å²) in [7, 11) is 0. The summed E-state index contributed by atoms with van der Waals surface area (Å²) < 4.78 is 3.15. The summed E-state index contributed by atoms with van der Waals surface area (Å²) >= 11 is 3.51. The van der Waals surface area contributed by atoms with Gasteiger partial charge in [0.2, 0.25) is 0 Å². The van der Waals surface area contributed by atoms with Crippen molar-refractivity contribution in [2.45, 2.75) is 19.3 Å². The predicted molar refractivity (Wildman–Crippen MR) is 66.0 cm³/mol. The Labute approximate surface area is 97.8 Å².